The van der Waals surface area contributed by atoms with Crippen LogP contribution in [-0.2, 0) is 0 Å². The van der Waals surface area contributed by atoms with Crippen molar-refractivity contribution in [3.8, 4) is 11.1 Å². The number of anilines is 1. The predicted molar refractivity (Wildman–Crippen MR) is 98.7 cm³/mol. The van der Waals surface area contributed by atoms with Crippen molar-refractivity contribution in [3.63, 3.8) is 0 Å². The summed E-state index contributed by atoms with van der Waals surface area (Å²) >= 11 is 0. The van der Waals surface area contributed by atoms with Crippen molar-refractivity contribution in [3.05, 3.63) is 60.2 Å². The summed E-state index contributed by atoms with van der Waals surface area (Å²) in [4.78, 5) is 11.6. The number of aldehydes is 1. The minimum Gasteiger partial charge on any atom is -1.00 e. The van der Waals surface area contributed by atoms with E-state index >= 15 is 0 Å². The Balaban J connectivity index is 0.00000208. The van der Waals surface area contributed by atoms with Gasteiger partial charge in [0.1, 0.15) is 5.69 Å². The highest BCUT2D eigenvalue weighted by Gasteiger charge is 2.16. The summed E-state index contributed by atoms with van der Waals surface area (Å²) in [6.45, 7) is 0. The number of benzene rings is 3. The van der Waals surface area contributed by atoms with Gasteiger partial charge in [-0.1, -0.05) is 24.3 Å². The van der Waals surface area contributed by atoms with Crippen molar-refractivity contribution in [1.82, 2.24) is 4.48 Å². The monoisotopic (exact) mass is 340 g/mol. The molecule has 2 N–H and O–H groups in total. The van der Waals surface area contributed by atoms with Crippen LogP contribution in [0.2, 0.25) is 0 Å². The maximum absolute atomic E-state index is 11.6. The quantitative estimate of drug-likeness (QED) is 0.441. The molecule has 0 bridgehead atoms. The van der Waals surface area contributed by atoms with Crippen molar-refractivity contribution < 1.29 is 17.2 Å². The second kappa shape index (κ2) is 6.63. The number of carbonyl (C=O) groups excluding carboxylic acids is 1. The average molecular weight is 341 g/mol. The zero-order valence-corrected chi connectivity index (χ0v) is 14.8. The Morgan fingerprint density at radius 1 is 0.917 bits per heavy atom. The molecule has 0 atom stereocenters. The van der Waals surface area contributed by atoms with Crippen LogP contribution in [0.1, 0.15) is 10.4 Å². The zero-order valence-electron chi connectivity index (χ0n) is 14.1. The van der Waals surface area contributed by atoms with E-state index in [0.29, 0.717) is 11.3 Å². The van der Waals surface area contributed by atoms with Gasteiger partial charge in [-0.05, 0) is 40.6 Å². The number of nitrogens with two attached hydrogens (primary N) is 1. The summed E-state index contributed by atoms with van der Waals surface area (Å²) in [7, 11) is 6.40. The van der Waals surface area contributed by atoms with Gasteiger partial charge in [-0.15, -0.1) is 0 Å². The van der Waals surface area contributed by atoms with E-state index < -0.39 is 0 Å². The summed E-state index contributed by atoms with van der Waals surface area (Å²) in [6, 6.07) is 18.0. The Labute approximate surface area is 148 Å². The molecule has 0 fully saturated rings. The fourth-order valence-electron chi connectivity index (χ4n) is 2.81. The average Bonchev–Trinajstić information content (AvgIpc) is 2.53. The Kier molecular flexibility index (Phi) is 4.97. The molecule has 124 valence electrons. The number of carbonyl (C=O) groups is 1. The Bertz CT molecular complexity index is 881. The van der Waals surface area contributed by atoms with E-state index in [1.807, 2.05) is 36.4 Å². The third kappa shape index (κ3) is 3.28. The van der Waals surface area contributed by atoms with Crippen molar-refractivity contribution in [1.29, 1.82) is 0 Å². The van der Waals surface area contributed by atoms with Gasteiger partial charge in [0.2, 0.25) is 0 Å². The summed E-state index contributed by atoms with van der Waals surface area (Å²) in [6.07, 6.45) is 0.920. The van der Waals surface area contributed by atoms with E-state index in [-0.39, 0.29) is 12.4 Å². The molecule has 0 aliphatic rings. The summed E-state index contributed by atoms with van der Waals surface area (Å²) < 4.78 is 0.725. The van der Waals surface area contributed by atoms with Crippen LogP contribution in [-0.4, -0.2) is 27.4 Å². The Morgan fingerprint density at radius 2 is 1.54 bits per heavy atom. The van der Waals surface area contributed by atoms with Crippen LogP contribution in [0.3, 0.4) is 0 Å². The van der Waals surface area contributed by atoms with Gasteiger partial charge in [0, 0.05) is 22.9 Å². The molecule has 0 aliphatic heterocycles. The molecule has 3 rings (SSSR count). The third-order valence-electron chi connectivity index (χ3n) is 4.14. The minimum atomic E-state index is 0. The lowest BCUT2D eigenvalue weighted by molar-refractivity contribution is -0.0000112. The Morgan fingerprint density at radius 3 is 2.12 bits per heavy atom. The van der Waals surface area contributed by atoms with E-state index in [2.05, 4.69) is 39.3 Å². The van der Waals surface area contributed by atoms with Crippen molar-refractivity contribution in [2.45, 2.75) is 0 Å². The predicted octanol–water partition coefficient (Wildman–Crippen LogP) is 1.10. The molecule has 0 heterocycles. The van der Waals surface area contributed by atoms with E-state index in [1.165, 1.54) is 5.69 Å². The molecule has 0 amide bonds. The normalized spacial score (nSPS) is 11.1. The lowest BCUT2D eigenvalue weighted by atomic mass is 9.93. The largest absolute Gasteiger partial charge is 1.00 e. The van der Waals surface area contributed by atoms with Crippen molar-refractivity contribution >= 4 is 28.4 Å². The second-order valence-electron chi connectivity index (χ2n) is 6.69. The number of quaternary nitrogens is 1. The molecule has 4 heteroatoms. The van der Waals surface area contributed by atoms with E-state index in [1.54, 1.807) is 0 Å². The van der Waals surface area contributed by atoms with E-state index in [4.69, 9.17) is 5.73 Å². The molecule has 0 radical (unpaired) electrons. The molecule has 3 aromatic carbocycles. The van der Waals surface area contributed by atoms with Crippen LogP contribution >= 0.6 is 0 Å². The maximum Gasteiger partial charge on any atom is 0.150 e. The molecule has 0 spiro atoms. The third-order valence-corrected chi connectivity index (χ3v) is 4.14. The number of hydrogen-bond acceptors (Lipinski definition) is 2. The second-order valence-corrected chi connectivity index (χ2v) is 6.69. The number of nitrogens with zero attached hydrogens (tertiary/aromatic N) is 1. The minimum absolute atomic E-state index is 0. The first-order valence-electron chi connectivity index (χ1n) is 7.60. The van der Waals surface area contributed by atoms with Gasteiger partial charge in [0.15, 0.2) is 6.29 Å². The number of fused-ring (bicyclic) bond motifs is 1. The van der Waals surface area contributed by atoms with Gasteiger partial charge in [-0.25, -0.2) is 0 Å². The highest BCUT2D eigenvalue weighted by Crippen LogP contribution is 2.34. The topological polar surface area (TPSA) is 43.1 Å². The molecule has 0 aliphatic carbocycles. The molecule has 0 saturated carbocycles. The molecule has 0 unspecified atom stereocenters. The number of nitrogen functional groups attached to an aromatic ring is 1. The standard InChI is InChI=1S/C20H20N2O.ClH/c1-22(2,3)18-11-8-14-4-5-16(13-23)20(19(14)12-18)15-6-9-17(21)10-7-15;/h4-13H,1-3H3,(H-,21,23);1H. The molecule has 24 heavy (non-hydrogen) atoms. The van der Waals surface area contributed by atoms with Crippen molar-refractivity contribution in [2.75, 3.05) is 26.9 Å². The summed E-state index contributed by atoms with van der Waals surface area (Å²) in [5.74, 6) is 0. The van der Waals surface area contributed by atoms with E-state index in [9.17, 15) is 4.79 Å². The van der Waals surface area contributed by atoms with Crippen LogP contribution < -0.4 is 22.6 Å². The van der Waals surface area contributed by atoms with Crippen LogP contribution in [0.5, 0.6) is 0 Å². The number of rotatable bonds is 3. The molecule has 0 aromatic heterocycles. The van der Waals surface area contributed by atoms with Gasteiger partial charge >= 0.3 is 0 Å². The van der Waals surface area contributed by atoms with Gasteiger partial charge < -0.3 is 18.1 Å². The highest BCUT2D eigenvalue weighted by atomic mass is 35.5. The highest BCUT2D eigenvalue weighted by molar-refractivity contribution is 6.05. The molecular formula is C20H21ClN2O. The fourth-order valence-corrected chi connectivity index (χ4v) is 2.81. The van der Waals surface area contributed by atoms with Gasteiger partial charge in [-0.3, -0.25) is 9.28 Å². The van der Waals surface area contributed by atoms with Crippen LogP contribution in [0, 0.1) is 0 Å². The fraction of sp³-hybridized carbons (Fsp3) is 0.150. The van der Waals surface area contributed by atoms with Crippen LogP contribution in [0.25, 0.3) is 21.9 Å². The van der Waals surface area contributed by atoms with Crippen LogP contribution in [0.4, 0.5) is 11.4 Å². The zero-order chi connectivity index (χ0) is 16.6. The number of halogens is 1. The first-order valence-corrected chi connectivity index (χ1v) is 7.60. The lowest BCUT2D eigenvalue weighted by Crippen LogP contribution is -3.00. The van der Waals surface area contributed by atoms with Gasteiger partial charge in [0.25, 0.3) is 0 Å². The molecule has 3 nitrogen and oxygen atoms in total. The number of hydrogen-bond donors (Lipinski definition) is 1. The molecular weight excluding hydrogens is 320 g/mol. The first-order chi connectivity index (χ1) is 10.9. The van der Waals surface area contributed by atoms with Crippen molar-refractivity contribution in [2.24, 2.45) is 0 Å². The van der Waals surface area contributed by atoms with Crippen LogP contribution in [0.15, 0.2) is 54.6 Å². The summed E-state index contributed by atoms with van der Waals surface area (Å²) in [5, 5.41) is 2.21. The lowest BCUT2D eigenvalue weighted by Gasteiger charge is -2.24. The van der Waals surface area contributed by atoms with E-state index in [0.717, 1.165) is 32.7 Å². The molecule has 3 aromatic rings. The Hall–Kier alpha value is -2.36. The maximum atomic E-state index is 11.6. The summed E-state index contributed by atoms with van der Waals surface area (Å²) in [5.41, 5.74) is 10.4. The smallest absolute Gasteiger partial charge is 0.150 e. The molecule has 0 saturated heterocycles. The van der Waals surface area contributed by atoms with Gasteiger partial charge in [0.05, 0.1) is 21.1 Å². The van der Waals surface area contributed by atoms with Gasteiger partial charge in [-0.2, -0.15) is 0 Å². The first kappa shape index (κ1) is 18.0. The SMILES string of the molecule is C[N+](C)(C)c1ccc2ccc(C=O)c(-c3ccc(N)cc3)c2c1.[Cl-].